The number of aromatic nitrogens is 1. The highest BCUT2D eigenvalue weighted by Crippen LogP contribution is 2.31. The third kappa shape index (κ3) is 3.47. The van der Waals surface area contributed by atoms with Gasteiger partial charge in [-0.3, -0.25) is 8.75 Å². The molecule has 1 aromatic heterocycles. The number of fused-ring (bicyclic) bond motifs is 1. The van der Waals surface area contributed by atoms with Crippen molar-refractivity contribution in [2.24, 2.45) is 0 Å². The van der Waals surface area contributed by atoms with E-state index in [2.05, 4.69) is 4.90 Å². The molecule has 0 amide bonds. The Labute approximate surface area is 124 Å². The van der Waals surface area contributed by atoms with Crippen molar-refractivity contribution in [3.05, 3.63) is 34.1 Å². The molecule has 0 aliphatic carbocycles. The van der Waals surface area contributed by atoms with Gasteiger partial charge in [-0.15, -0.1) is 0 Å². The molecule has 116 valence electrons. The molecule has 0 atom stereocenters. The summed E-state index contributed by atoms with van der Waals surface area (Å²) in [6, 6.07) is 3.28. The summed E-state index contributed by atoms with van der Waals surface area (Å²) in [5, 5.41) is 0.354. The number of nitrogens with zero attached hydrogens (tertiary/aromatic N) is 2. The van der Waals surface area contributed by atoms with E-state index in [0.29, 0.717) is 23.2 Å². The Morgan fingerprint density at radius 3 is 2.48 bits per heavy atom. The van der Waals surface area contributed by atoms with E-state index in [1.165, 1.54) is 10.0 Å². The Bertz CT molecular complexity index is 671. The summed E-state index contributed by atoms with van der Waals surface area (Å²) in [6.07, 6.45) is -4.38. The molecule has 0 saturated carbocycles. The Kier molecular flexibility index (Phi) is 4.73. The van der Waals surface area contributed by atoms with E-state index in [-0.39, 0.29) is 5.56 Å². The summed E-state index contributed by atoms with van der Waals surface area (Å²) in [5.41, 5.74) is -0.928. The number of hydrogen-bond acceptors (Lipinski definition) is 3. The van der Waals surface area contributed by atoms with Gasteiger partial charge in [-0.25, -0.2) is 0 Å². The molecule has 21 heavy (non-hydrogen) atoms. The van der Waals surface area contributed by atoms with E-state index in [1.807, 2.05) is 13.8 Å². The summed E-state index contributed by atoms with van der Waals surface area (Å²) in [7, 11) is 0. The second kappa shape index (κ2) is 6.19. The van der Waals surface area contributed by atoms with Gasteiger partial charge in [0, 0.05) is 13.1 Å². The smallest absolute Gasteiger partial charge is 0.302 e. The molecule has 0 bridgehead atoms. The number of likely N-dealkylation sites (N-methyl/N-ethyl adjacent to an activating group) is 1. The van der Waals surface area contributed by atoms with Crippen molar-refractivity contribution < 1.29 is 13.2 Å². The van der Waals surface area contributed by atoms with Crippen LogP contribution in [0.25, 0.3) is 10.1 Å². The van der Waals surface area contributed by atoms with Crippen LogP contribution in [0, 0.1) is 0 Å². The van der Waals surface area contributed by atoms with Crippen LogP contribution >= 0.6 is 11.5 Å². The highest BCUT2D eigenvalue weighted by atomic mass is 32.1. The van der Waals surface area contributed by atoms with E-state index < -0.39 is 11.7 Å². The molecule has 0 radical (unpaired) electrons. The topological polar surface area (TPSA) is 25.2 Å². The fourth-order valence-corrected chi connectivity index (χ4v) is 3.19. The monoisotopic (exact) mass is 318 g/mol. The first-order valence-electron chi connectivity index (χ1n) is 6.80. The standard InChI is InChI=1S/C14H17F3N2OS/c1-3-18(4-2)7-8-19-13(20)11-6-5-10(14(15,16)17)9-12(11)21-19/h5-6,9H,3-4,7-8H2,1-2H3. The van der Waals surface area contributed by atoms with Gasteiger partial charge in [0.1, 0.15) is 0 Å². The molecule has 0 N–H and O–H groups in total. The van der Waals surface area contributed by atoms with E-state index in [1.54, 1.807) is 0 Å². The Morgan fingerprint density at radius 1 is 1.24 bits per heavy atom. The molecule has 0 aliphatic rings. The van der Waals surface area contributed by atoms with Gasteiger partial charge < -0.3 is 4.90 Å². The minimum absolute atomic E-state index is 0.212. The average molecular weight is 318 g/mol. The van der Waals surface area contributed by atoms with E-state index in [4.69, 9.17) is 0 Å². The first-order valence-corrected chi connectivity index (χ1v) is 7.57. The lowest BCUT2D eigenvalue weighted by molar-refractivity contribution is -0.137. The van der Waals surface area contributed by atoms with Crippen LogP contribution in [0.3, 0.4) is 0 Å². The lowest BCUT2D eigenvalue weighted by Gasteiger charge is -2.17. The predicted octanol–water partition coefficient (Wildman–Crippen LogP) is 3.42. The molecule has 3 nitrogen and oxygen atoms in total. The van der Waals surface area contributed by atoms with Crippen LogP contribution in [0.5, 0.6) is 0 Å². The van der Waals surface area contributed by atoms with Gasteiger partial charge in [0.05, 0.1) is 15.6 Å². The molecule has 0 unspecified atom stereocenters. The van der Waals surface area contributed by atoms with Gasteiger partial charge in [-0.05, 0) is 31.3 Å². The molecule has 1 heterocycles. The lowest BCUT2D eigenvalue weighted by Crippen LogP contribution is -2.28. The van der Waals surface area contributed by atoms with Crippen LogP contribution in [0.4, 0.5) is 13.2 Å². The van der Waals surface area contributed by atoms with Crippen LogP contribution in [-0.4, -0.2) is 28.5 Å². The van der Waals surface area contributed by atoms with Crippen molar-refractivity contribution >= 4 is 21.6 Å². The molecule has 7 heteroatoms. The normalized spacial score (nSPS) is 12.5. The summed E-state index contributed by atoms with van der Waals surface area (Å²) < 4.78 is 40.0. The number of halogens is 3. The lowest BCUT2D eigenvalue weighted by atomic mass is 10.2. The molecule has 0 aliphatic heterocycles. The molecule has 2 aromatic rings. The van der Waals surface area contributed by atoms with Crippen molar-refractivity contribution in [3.8, 4) is 0 Å². The van der Waals surface area contributed by atoms with Gasteiger partial charge >= 0.3 is 6.18 Å². The van der Waals surface area contributed by atoms with Crippen molar-refractivity contribution in [2.45, 2.75) is 26.6 Å². The first-order chi connectivity index (χ1) is 9.86. The maximum Gasteiger partial charge on any atom is 0.416 e. The highest BCUT2D eigenvalue weighted by Gasteiger charge is 2.30. The third-order valence-corrected chi connectivity index (χ3v) is 4.59. The fourth-order valence-electron chi connectivity index (χ4n) is 2.16. The quantitative estimate of drug-likeness (QED) is 0.844. The molecule has 0 spiro atoms. The summed E-state index contributed by atoms with van der Waals surface area (Å²) in [5.74, 6) is 0. The number of rotatable bonds is 5. The molecule has 2 rings (SSSR count). The largest absolute Gasteiger partial charge is 0.416 e. The van der Waals surface area contributed by atoms with E-state index >= 15 is 0 Å². The van der Waals surface area contributed by atoms with Crippen molar-refractivity contribution in [2.75, 3.05) is 19.6 Å². The van der Waals surface area contributed by atoms with Gasteiger partial charge in [-0.2, -0.15) is 13.2 Å². The predicted molar refractivity (Wildman–Crippen MR) is 78.9 cm³/mol. The Hall–Kier alpha value is -1.34. The number of alkyl halides is 3. The number of benzene rings is 1. The summed E-state index contributed by atoms with van der Waals surface area (Å²) in [6.45, 7) is 7.05. The third-order valence-electron chi connectivity index (χ3n) is 3.49. The summed E-state index contributed by atoms with van der Waals surface area (Å²) >= 11 is 1.09. The highest BCUT2D eigenvalue weighted by molar-refractivity contribution is 7.13. The van der Waals surface area contributed by atoms with Gasteiger partial charge in [-0.1, -0.05) is 25.4 Å². The minimum atomic E-state index is -4.38. The van der Waals surface area contributed by atoms with Crippen LogP contribution < -0.4 is 5.56 Å². The van der Waals surface area contributed by atoms with Gasteiger partial charge in [0.15, 0.2) is 0 Å². The Morgan fingerprint density at radius 2 is 1.90 bits per heavy atom. The van der Waals surface area contributed by atoms with Crippen molar-refractivity contribution in [1.82, 2.24) is 8.86 Å². The van der Waals surface area contributed by atoms with Crippen LogP contribution in [-0.2, 0) is 12.7 Å². The molecule has 0 saturated heterocycles. The van der Waals surface area contributed by atoms with Crippen LogP contribution in [0.15, 0.2) is 23.0 Å². The van der Waals surface area contributed by atoms with Crippen LogP contribution in [0.2, 0.25) is 0 Å². The fraction of sp³-hybridized carbons (Fsp3) is 0.500. The molecule has 1 aromatic carbocycles. The second-order valence-corrected chi connectivity index (χ2v) is 5.80. The van der Waals surface area contributed by atoms with Gasteiger partial charge in [0.2, 0.25) is 0 Å². The van der Waals surface area contributed by atoms with E-state index in [9.17, 15) is 18.0 Å². The zero-order chi connectivity index (χ0) is 15.6. The zero-order valence-electron chi connectivity index (χ0n) is 11.9. The van der Waals surface area contributed by atoms with E-state index in [0.717, 1.165) is 36.8 Å². The molecule has 0 fully saturated rings. The molecular formula is C14H17F3N2OS. The molecular weight excluding hydrogens is 301 g/mol. The zero-order valence-corrected chi connectivity index (χ0v) is 12.7. The average Bonchev–Trinajstić information content (AvgIpc) is 2.75. The van der Waals surface area contributed by atoms with Crippen LogP contribution in [0.1, 0.15) is 19.4 Å². The Balaban J connectivity index is 2.30. The maximum absolute atomic E-state index is 12.7. The minimum Gasteiger partial charge on any atom is -0.302 e. The maximum atomic E-state index is 12.7. The number of hydrogen-bond donors (Lipinski definition) is 0. The van der Waals surface area contributed by atoms with Gasteiger partial charge in [0.25, 0.3) is 5.56 Å². The SMILES string of the molecule is CCN(CC)CCn1sc2cc(C(F)(F)F)ccc2c1=O. The van der Waals surface area contributed by atoms with Crippen molar-refractivity contribution in [1.29, 1.82) is 0 Å². The second-order valence-electron chi connectivity index (χ2n) is 4.73. The van der Waals surface area contributed by atoms with Crippen molar-refractivity contribution in [3.63, 3.8) is 0 Å². The first kappa shape index (κ1) is 16.0. The summed E-state index contributed by atoms with van der Waals surface area (Å²) in [4.78, 5) is 14.3.